The maximum Gasteiger partial charge on any atom is 0.255 e. The molecule has 2 fully saturated rings. The molecule has 0 spiro atoms. The second kappa shape index (κ2) is 4.97. The van der Waals surface area contributed by atoms with Crippen molar-refractivity contribution < 1.29 is 23.8 Å². The summed E-state index contributed by atoms with van der Waals surface area (Å²) in [5.74, 6) is -2.52. The minimum Gasteiger partial charge on any atom is -0.366 e. The van der Waals surface area contributed by atoms with E-state index in [1.165, 1.54) is 11.0 Å². The van der Waals surface area contributed by atoms with Crippen molar-refractivity contribution in [3.8, 4) is 0 Å². The number of amides is 1. The lowest BCUT2D eigenvalue weighted by Gasteiger charge is -2.32. The molecule has 7 heteroatoms. The fraction of sp³-hybridized carbons (Fsp3) is 0.533. The molecular weight excluding hydrogens is 360 g/mol. The van der Waals surface area contributed by atoms with E-state index >= 15 is 0 Å². The minimum atomic E-state index is -1.66. The Morgan fingerprint density at radius 1 is 1.41 bits per heavy atom. The second-order valence-electron chi connectivity index (χ2n) is 6.54. The summed E-state index contributed by atoms with van der Waals surface area (Å²) >= 11 is 2.90. The van der Waals surface area contributed by atoms with Gasteiger partial charge in [-0.05, 0) is 45.3 Å². The molecule has 3 atom stereocenters. The topological polar surface area (TPSA) is 60.8 Å². The van der Waals surface area contributed by atoms with E-state index in [1.807, 2.05) is 13.8 Å². The number of nitrogens with zero attached hydrogens (tertiary/aromatic N) is 1. The molecule has 0 unspecified atom stereocenters. The quantitative estimate of drug-likeness (QED) is 0.614. The van der Waals surface area contributed by atoms with Gasteiger partial charge in [-0.2, -0.15) is 0 Å². The number of carbonyl (C=O) groups excluding carboxylic acids is 1. The van der Waals surface area contributed by atoms with Gasteiger partial charge in [-0.15, -0.1) is 0 Å². The number of piperidine rings is 1. The predicted octanol–water partition coefficient (Wildman–Crippen LogP) is 2.13. The van der Waals surface area contributed by atoms with E-state index < -0.39 is 29.9 Å². The molecule has 1 aliphatic carbocycles. The van der Waals surface area contributed by atoms with Crippen molar-refractivity contribution in [3.63, 3.8) is 0 Å². The van der Waals surface area contributed by atoms with E-state index in [-0.39, 0.29) is 27.3 Å². The molecular formula is C15H16BrF2NO3. The third kappa shape index (κ3) is 2.10. The average molecular weight is 376 g/mol. The SMILES string of the molecule is CC1(C)[C@@H]2[C@@H](C(O)O)N(C(=O)c3ccc(F)c(F)c3Br)C[C@@H]21. The Hall–Kier alpha value is -1.05. The van der Waals surface area contributed by atoms with Gasteiger partial charge < -0.3 is 15.1 Å². The fourth-order valence-corrected chi connectivity index (χ4v) is 4.24. The van der Waals surface area contributed by atoms with Gasteiger partial charge in [-0.25, -0.2) is 8.78 Å². The molecule has 0 bridgehead atoms. The number of aliphatic hydroxyl groups excluding tert-OH is 1. The van der Waals surface area contributed by atoms with Gasteiger partial charge in [0, 0.05) is 6.54 Å². The van der Waals surface area contributed by atoms with Crippen molar-refractivity contribution in [1.82, 2.24) is 4.90 Å². The third-order valence-electron chi connectivity index (χ3n) is 5.09. The van der Waals surface area contributed by atoms with Gasteiger partial charge in [0.1, 0.15) is 0 Å². The first-order valence-corrected chi connectivity index (χ1v) is 7.77. The Kier molecular flexibility index (Phi) is 3.58. The summed E-state index contributed by atoms with van der Waals surface area (Å²) in [6.07, 6.45) is -1.66. The summed E-state index contributed by atoms with van der Waals surface area (Å²) in [5.41, 5.74) is -0.0696. The number of carbonyl (C=O) groups is 1. The molecule has 3 rings (SSSR count). The summed E-state index contributed by atoms with van der Waals surface area (Å²) in [4.78, 5) is 14.0. The van der Waals surface area contributed by atoms with E-state index in [9.17, 15) is 23.8 Å². The summed E-state index contributed by atoms with van der Waals surface area (Å²) in [7, 11) is 0. The Bertz CT molecular complexity index is 650. The number of rotatable bonds is 2. The number of hydrogen-bond donors (Lipinski definition) is 2. The number of halogens is 3. The lowest BCUT2D eigenvalue weighted by Crippen LogP contribution is -2.47. The Morgan fingerprint density at radius 2 is 2.05 bits per heavy atom. The molecule has 1 saturated heterocycles. The summed E-state index contributed by atoms with van der Waals surface area (Å²) < 4.78 is 26.5. The number of hydrogen-bond acceptors (Lipinski definition) is 3. The molecule has 120 valence electrons. The first-order valence-electron chi connectivity index (χ1n) is 6.98. The van der Waals surface area contributed by atoms with Gasteiger partial charge >= 0.3 is 0 Å². The van der Waals surface area contributed by atoms with Crippen molar-refractivity contribution in [1.29, 1.82) is 0 Å². The zero-order valence-corrected chi connectivity index (χ0v) is 13.6. The van der Waals surface area contributed by atoms with Gasteiger partial charge in [-0.1, -0.05) is 13.8 Å². The van der Waals surface area contributed by atoms with Gasteiger partial charge in [0.2, 0.25) is 0 Å². The highest BCUT2D eigenvalue weighted by molar-refractivity contribution is 9.10. The van der Waals surface area contributed by atoms with Crippen molar-refractivity contribution in [2.24, 2.45) is 17.3 Å². The normalized spacial score (nSPS) is 28.9. The predicted molar refractivity (Wildman–Crippen MR) is 77.9 cm³/mol. The monoisotopic (exact) mass is 375 g/mol. The Labute approximate surface area is 134 Å². The molecule has 1 heterocycles. The van der Waals surface area contributed by atoms with Crippen LogP contribution in [0.5, 0.6) is 0 Å². The molecule has 1 aromatic carbocycles. The Balaban J connectivity index is 1.92. The number of likely N-dealkylation sites (tertiary alicyclic amines) is 1. The van der Waals surface area contributed by atoms with Crippen LogP contribution in [-0.4, -0.2) is 39.9 Å². The summed E-state index contributed by atoms with van der Waals surface area (Å²) in [6, 6.07) is 1.35. The van der Waals surface area contributed by atoms with Gasteiger partial charge in [0.25, 0.3) is 5.91 Å². The van der Waals surface area contributed by atoms with E-state index in [0.29, 0.717) is 6.54 Å². The molecule has 1 aliphatic heterocycles. The number of aliphatic hydroxyl groups is 2. The lowest BCUT2D eigenvalue weighted by atomic mass is 10.00. The molecule has 0 radical (unpaired) electrons. The van der Waals surface area contributed by atoms with Crippen LogP contribution in [0.2, 0.25) is 0 Å². The zero-order chi connectivity index (χ0) is 16.4. The van der Waals surface area contributed by atoms with Crippen LogP contribution in [0, 0.1) is 28.9 Å². The molecule has 2 N–H and O–H groups in total. The zero-order valence-electron chi connectivity index (χ0n) is 12.1. The maximum atomic E-state index is 13.6. The Morgan fingerprint density at radius 3 is 2.64 bits per heavy atom. The second-order valence-corrected chi connectivity index (χ2v) is 7.33. The average Bonchev–Trinajstić information content (AvgIpc) is 2.84. The van der Waals surface area contributed by atoms with Crippen LogP contribution in [-0.2, 0) is 0 Å². The van der Waals surface area contributed by atoms with Crippen LogP contribution < -0.4 is 0 Å². The standard InChI is InChI=1S/C15H16BrF2NO3/c1-15(2)7-5-19(12(9(7)15)14(21)22)13(20)6-3-4-8(17)11(18)10(6)16/h3-4,7,9,12,14,21-22H,5H2,1-2H3/t7-,9-,12-/m0/s1. The molecule has 1 saturated carbocycles. The third-order valence-corrected chi connectivity index (χ3v) is 5.87. The van der Waals surface area contributed by atoms with E-state index in [1.54, 1.807) is 0 Å². The number of benzene rings is 1. The van der Waals surface area contributed by atoms with E-state index in [2.05, 4.69) is 15.9 Å². The first-order chi connectivity index (χ1) is 10.2. The number of fused-ring (bicyclic) bond motifs is 1. The molecule has 4 nitrogen and oxygen atoms in total. The smallest absolute Gasteiger partial charge is 0.255 e. The minimum absolute atomic E-state index is 0.000482. The molecule has 22 heavy (non-hydrogen) atoms. The highest BCUT2D eigenvalue weighted by Gasteiger charge is 2.68. The van der Waals surface area contributed by atoms with Crippen LogP contribution >= 0.6 is 15.9 Å². The van der Waals surface area contributed by atoms with Gasteiger partial charge in [0.15, 0.2) is 17.9 Å². The lowest BCUT2D eigenvalue weighted by molar-refractivity contribution is -0.0954. The highest BCUT2D eigenvalue weighted by atomic mass is 79.9. The fourth-order valence-electron chi connectivity index (χ4n) is 3.75. The van der Waals surface area contributed by atoms with Crippen molar-refractivity contribution in [3.05, 3.63) is 33.8 Å². The van der Waals surface area contributed by atoms with Crippen molar-refractivity contribution in [2.75, 3.05) is 6.54 Å². The van der Waals surface area contributed by atoms with Crippen LogP contribution in [0.4, 0.5) is 8.78 Å². The largest absolute Gasteiger partial charge is 0.366 e. The molecule has 1 amide bonds. The van der Waals surface area contributed by atoms with Gasteiger partial charge in [-0.3, -0.25) is 4.79 Å². The van der Waals surface area contributed by atoms with Crippen LogP contribution in [0.25, 0.3) is 0 Å². The van der Waals surface area contributed by atoms with Gasteiger partial charge in [0.05, 0.1) is 16.1 Å². The maximum absolute atomic E-state index is 13.6. The van der Waals surface area contributed by atoms with E-state index in [0.717, 1.165) is 6.07 Å². The van der Waals surface area contributed by atoms with Crippen LogP contribution in [0.15, 0.2) is 16.6 Å². The summed E-state index contributed by atoms with van der Waals surface area (Å²) in [6.45, 7) is 4.42. The molecule has 2 aliphatic rings. The van der Waals surface area contributed by atoms with Crippen molar-refractivity contribution in [2.45, 2.75) is 26.2 Å². The van der Waals surface area contributed by atoms with Crippen LogP contribution in [0.3, 0.4) is 0 Å². The molecule has 1 aromatic rings. The first kappa shape index (κ1) is 15.8. The molecule has 0 aromatic heterocycles. The van der Waals surface area contributed by atoms with E-state index in [4.69, 9.17) is 0 Å². The highest BCUT2D eigenvalue weighted by Crippen LogP contribution is 2.65. The van der Waals surface area contributed by atoms with Crippen LogP contribution in [0.1, 0.15) is 24.2 Å². The summed E-state index contributed by atoms with van der Waals surface area (Å²) in [5, 5.41) is 19.3. The van der Waals surface area contributed by atoms with Crippen molar-refractivity contribution >= 4 is 21.8 Å².